The maximum atomic E-state index is 2.54. The van der Waals surface area contributed by atoms with Crippen molar-refractivity contribution in [3.63, 3.8) is 0 Å². The molecule has 0 nitrogen and oxygen atoms in total. The first-order chi connectivity index (χ1) is 7.73. The Morgan fingerprint density at radius 1 is 0.647 bits per heavy atom. The third kappa shape index (κ3) is 6.08. The Labute approximate surface area is 112 Å². The SMILES string of the molecule is CCC(C)[Si](CC(C)C)(CC(C)C)CC(C)C. The normalized spacial score (nSPS) is 15.0. The lowest BCUT2D eigenvalue weighted by molar-refractivity contribution is 0.615. The molecule has 1 atom stereocenters. The molecule has 0 aliphatic rings. The minimum Gasteiger partial charge on any atom is -0.0654 e. The lowest BCUT2D eigenvalue weighted by Crippen LogP contribution is -2.42. The monoisotopic (exact) mass is 256 g/mol. The molecule has 17 heavy (non-hydrogen) atoms. The van der Waals surface area contributed by atoms with E-state index in [4.69, 9.17) is 0 Å². The molecule has 0 fully saturated rings. The fourth-order valence-electron chi connectivity index (χ4n) is 3.73. The van der Waals surface area contributed by atoms with Gasteiger partial charge in [-0.1, -0.05) is 79.9 Å². The second-order valence-corrected chi connectivity index (χ2v) is 12.4. The third-order valence-electron chi connectivity index (χ3n) is 4.10. The molecule has 0 saturated carbocycles. The predicted molar refractivity (Wildman–Crippen MR) is 84.4 cm³/mol. The Kier molecular flexibility index (Phi) is 7.70. The summed E-state index contributed by atoms with van der Waals surface area (Å²) in [5.41, 5.74) is 0.995. The van der Waals surface area contributed by atoms with Crippen LogP contribution < -0.4 is 0 Å². The van der Waals surface area contributed by atoms with Gasteiger partial charge in [-0.3, -0.25) is 0 Å². The van der Waals surface area contributed by atoms with E-state index in [1.807, 2.05) is 0 Å². The van der Waals surface area contributed by atoms with Gasteiger partial charge in [-0.05, 0) is 23.3 Å². The fraction of sp³-hybridized carbons (Fsp3) is 1.00. The lowest BCUT2D eigenvalue weighted by Gasteiger charge is -2.41. The average molecular weight is 257 g/mol. The predicted octanol–water partition coefficient (Wildman–Crippen LogP) is 6.20. The van der Waals surface area contributed by atoms with Crippen LogP contribution >= 0.6 is 0 Å². The summed E-state index contributed by atoms with van der Waals surface area (Å²) in [5.74, 6) is 2.65. The van der Waals surface area contributed by atoms with E-state index in [0.29, 0.717) is 0 Å². The van der Waals surface area contributed by atoms with Gasteiger partial charge in [0.15, 0.2) is 0 Å². The van der Waals surface area contributed by atoms with E-state index in [9.17, 15) is 0 Å². The Hall–Kier alpha value is 0.217. The van der Waals surface area contributed by atoms with Gasteiger partial charge in [0.25, 0.3) is 0 Å². The summed E-state index contributed by atoms with van der Waals surface area (Å²) in [6, 6.07) is 4.62. The van der Waals surface area contributed by atoms with E-state index in [1.165, 1.54) is 6.42 Å². The standard InChI is InChI=1S/C16H36Si/c1-9-16(8)17(10-13(2)3,11-14(4)5)12-15(6)7/h13-16H,9-12H2,1-8H3. The highest BCUT2D eigenvalue weighted by atomic mass is 28.3. The van der Waals surface area contributed by atoms with Crippen molar-refractivity contribution < 1.29 is 0 Å². The van der Waals surface area contributed by atoms with Crippen LogP contribution in [0.3, 0.4) is 0 Å². The summed E-state index contributed by atoms with van der Waals surface area (Å²) in [5, 5.41) is 0. The summed E-state index contributed by atoms with van der Waals surface area (Å²) < 4.78 is 0. The van der Waals surface area contributed by atoms with Gasteiger partial charge in [0.2, 0.25) is 0 Å². The summed E-state index contributed by atoms with van der Waals surface area (Å²) in [7, 11) is -1.09. The van der Waals surface area contributed by atoms with Crippen LogP contribution in [0, 0.1) is 17.8 Å². The molecule has 0 aliphatic heterocycles. The molecule has 0 aromatic heterocycles. The second-order valence-electron chi connectivity index (χ2n) is 7.47. The van der Waals surface area contributed by atoms with Crippen molar-refractivity contribution in [1.29, 1.82) is 0 Å². The molecule has 0 aliphatic carbocycles. The lowest BCUT2D eigenvalue weighted by atomic mass is 10.2. The molecule has 1 heteroatoms. The zero-order chi connectivity index (χ0) is 13.6. The fourth-order valence-corrected chi connectivity index (χ4v) is 11.2. The summed E-state index contributed by atoms with van der Waals surface area (Å²) in [6.07, 6.45) is 1.39. The van der Waals surface area contributed by atoms with Gasteiger partial charge in [-0.25, -0.2) is 0 Å². The van der Waals surface area contributed by atoms with Crippen LogP contribution in [0.15, 0.2) is 0 Å². The molecule has 1 unspecified atom stereocenters. The van der Waals surface area contributed by atoms with Crippen molar-refractivity contribution in [3.05, 3.63) is 0 Å². The van der Waals surface area contributed by atoms with Crippen molar-refractivity contribution in [1.82, 2.24) is 0 Å². The molecule has 0 aromatic carbocycles. The molecular formula is C16H36Si. The molecule has 0 radical (unpaired) electrons. The molecule has 0 spiro atoms. The first-order valence-electron chi connectivity index (χ1n) is 7.73. The maximum absolute atomic E-state index is 2.54. The summed E-state index contributed by atoms with van der Waals surface area (Å²) in [6.45, 7) is 19.5. The van der Waals surface area contributed by atoms with Crippen molar-refractivity contribution in [3.8, 4) is 0 Å². The highest BCUT2D eigenvalue weighted by Crippen LogP contribution is 2.42. The Bertz CT molecular complexity index is 167. The highest BCUT2D eigenvalue weighted by molar-refractivity contribution is 6.81. The zero-order valence-corrected chi connectivity index (χ0v) is 14.6. The second kappa shape index (κ2) is 7.61. The van der Waals surface area contributed by atoms with Crippen LogP contribution in [-0.2, 0) is 0 Å². The Morgan fingerprint density at radius 2 is 0.941 bits per heavy atom. The molecule has 0 bridgehead atoms. The average Bonchev–Trinajstić information content (AvgIpc) is 2.12. The van der Waals surface area contributed by atoms with E-state index in [0.717, 1.165) is 23.3 Å². The van der Waals surface area contributed by atoms with Gasteiger partial charge in [-0.15, -0.1) is 0 Å². The van der Waals surface area contributed by atoms with E-state index in [2.05, 4.69) is 55.4 Å². The van der Waals surface area contributed by atoms with Gasteiger partial charge in [0.1, 0.15) is 0 Å². The van der Waals surface area contributed by atoms with Crippen LogP contribution in [0.4, 0.5) is 0 Å². The number of hydrogen-bond acceptors (Lipinski definition) is 0. The Morgan fingerprint density at radius 3 is 1.12 bits per heavy atom. The smallest absolute Gasteiger partial charge is 0.0571 e. The molecular weight excluding hydrogens is 220 g/mol. The van der Waals surface area contributed by atoms with E-state index in [-0.39, 0.29) is 0 Å². The van der Waals surface area contributed by atoms with Gasteiger partial charge in [0.05, 0.1) is 8.07 Å². The Balaban J connectivity index is 5.04. The van der Waals surface area contributed by atoms with Crippen molar-refractivity contribution in [2.75, 3.05) is 0 Å². The minimum atomic E-state index is -1.09. The van der Waals surface area contributed by atoms with Gasteiger partial charge in [-0.2, -0.15) is 0 Å². The van der Waals surface area contributed by atoms with Gasteiger partial charge in [0, 0.05) is 0 Å². The van der Waals surface area contributed by atoms with E-state index >= 15 is 0 Å². The molecule has 0 aromatic rings. The molecule has 0 heterocycles. The summed E-state index contributed by atoms with van der Waals surface area (Å²) >= 11 is 0. The van der Waals surface area contributed by atoms with E-state index < -0.39 is 8.07 Å². The topological polar surface area (TPSA) is 0 Å². The first-order valence-corrected chi connectivity index (χ1v) is 10.4. The van der Waals surface area contributed by atoms with Crippen LogP contribution in [-0.4, -0.2) is 8.07 Å². The maximum Gasteiger partial charge on any atom is 0.0571 e. The molecule has 104 valence electrons. The first kappa shape index (κ1) is 17.2. The van der Waals surface area contributed by atoms with Crippen LogP contribution in [0.2, 0.25) is 23.7 Å². The number of rotatable bonds is 8. The third-order valence-corrected chi connectivity index (χ3v) is 11.5. The molecule has 0 amide bonds. The van der Waals surface area contributed by atoms with Crippen LogP contribution in [0.25, 0.3) is 0 Å². The largest absolute Gasteiger partial charge is 0.0654 e. The molecule has 0 N–H and O–H groups in total. The van der Waals surface area contributed by atoms with Crippen LogP contribution in [0.1, 0.15) is 61.8 Å². The number of hydrogen-bond donors (Lipinski definition) is 0. The molecule has 0 rings (SSSR count). The summed E-state index contributed by atoms with van der Waals surface area (Å²) in [4.78, 5) is 0. The van der Waals surface area contributed by atoms with Gasteiger partial charge < -0.3 is 0 Å². The van der Waals surface area contributed by atoms with E-state index in [1.54, 1.807) is 18.1 Å². The van der Waals surface area contributed by atoms with Crippen molar-refractivity contribution in [2.45, 2.75) is 85.5 Å². The highest BCUT2D eigenvalue weighted by Gasteiger charge is 2.38. The van der Waals surface area contributed by atoms with Crippen molar-refractivity contribution in [2.24, 2.45) is 17.8 Å². The van der Waals surface area contributed by atoms with Crippen molar-refractivity contribution >= 4 is 8.07 Å². The van der Waals surface area contributed by atoms with Gasteiger partial charge >= 0.3 is 0 Å². The molecule has 0 saturated heterocycles. The quantitative estimate of drug-likeness (QED) is 0.453. The van der Waals surface area contributed by atoms with Crippen LogP contribution in [0.5, 0.6) is 0 Å². The minimum absolute atomic E-state index is 0.883. The zero-order valence-electron chi connectivity index (χ0n) is 13.6.